The number of nitrogens with zero attached hydrogens (tertiary/aromatic N) is 4. The van der Waals surface area contributed by atoms with Crippen LogP contribution in [0.4, 0.5) is 0 Å². The van der Waals surface area contributed by atoms with Gasteiger partial charge in [0.25, 0.3) is 0 Å². The summed E-state index contributed by atoms with van der Waals surface area (Å²) in [5.41, 5.74) is 0.822. The Morgan fingerprint density at radius 1 is 1.32 bits per heavy atom. The van der Waals surface area contributed by atoms with Crippen LogP contribution in [0.3, 0.4) is 0 Å². The molecule has 25 heavy (non-hydrogen) atoms. The summed E-state index contributed by atoms with van der Waals surface area (Å²) < 4.78 is 16.0. The van der Waals surface area contributed by atoms with Crippen molar-refractivity contribution in [2.45, 2.75) is 32.7 Å². The lowest BCUT2D eigenvalue weighted by Crippen LogP contribution is -2.27. The monoisotopic (exact) mass is 346 g/mol. The molecular weight excluding hydrogens is 320 g/mol. The van der Waals surface area contributed by atoms with Crippen molar-refractivity contribution < 1.29 is 14.0 Å². The number of aromatic nitrogens is 3. The van der Waals surface area contributed by atoms with Gasteiger partial charge in [-0.15, -0.1) is 0 Å². The van der Waals surface area contributed by atoms with Crippen LogP contribution < -0.4 is 4.74 Å². The van der Waals surface area contributed by atoms with Gasteiger partial charge in [-0.05, 0) is 31.4 Å². The van der Waals surface area contributed by atoms with Crippen molar-refractivity contribution >= 4 is 0 Å². The van der Waals surface area contributed by atoms with E-state index in [1.54, 1.807) is 13.3 Å². The van der Waals surface area contributed by atoms with Gasteiger partial charge in [0.1, 0.15) is 6.61 Å². The van der Waals surface area contributed by atoms with E-state index in [0.29, 0.717) is 36.7 Å². The summed E-state index contributed by atoms with van der Waals surface area (Å²) in [4.78, 5) is 11.3. The van der Waals surface area contributed by atoms with Crippen LogP contribution in [0, 0.1) is 5.92 Å². The highest BCUT2D eigenvalue weighted by Crippen LogP contribution is 2.32. The van der Waals surface area contributed by atoms with Crippen LogP contribution in [0.1, 0.15) is 38.6 Å². The Labute approximate surface area is 148 Å². The van der Waals surface area contributed by atoms with Crippen LogP contribution in [0.25, 0.3) is 11.4 Å². The van der Waals surface area contributed by atoms with E-state index < -0.39 is 0 Å². The van der Waals surface area contributed by atoms with Crippen LogP contribution in [0.5, 0.6) is 5.88 Å². The van der Waals surface area contributed by atoms with Gasteiger partial charge in [-0.3, -0.25) is 4.90 Å². The lowest BCUT2D eigenvalue weighted by molar-refractivity contribution is 0.144. The molecule has 0 radical (unpaired) electrons. The highest BCUT2D eigenvalue weighted by atomic mass is 16.5. The van der Waals surface area contributed by atoms with E-state index in [9.17, 15) is 0 Å². The summed E-state index contributed by atoms with van der Waals surface area (Å²) in [5.74, 6) is 2.46. The van der Waals surface area contributed by atoms with Gasteiger partial charge in [0, 0.05) is 31.5 Å². The van der Waals surface area contributed by atoms with Crippen molar-refractivity contribution in [3.63, 3.8) is 0 Å². The predicted octanol–water partition coefficient (Wildman–Crippen LogP) is 2.95. The SMILES string of the molecule is COCCOc1ccc(-c2noc(C3CCCN3CC(C)C)n2)cn1. The number of rotatable bonds is 8. The summed E-state index contributed by atoms with van der Waals surface area (Å²) in [6.45, 7) is 7.62. The van der Waals surface area contributed by atoms with Crippen LogP contribution in [-0.2, 0) is 4.74 Å². The maximum Gasteiger partial charge on any atom is 0.244 e. The fourth-order valence-electron chi connectivity index (χ4n) is 3.11. The topological polar surface area (TPSA) is 73.5 Å². The lowest BCUT2D eigenvalue weighted by Gasteiger charge is -2.23. The zero-order valence-electron chi connectivity index (χ0n) is 15.1. The Bertz CT molecular complexity index is 657. The Morgan fingerprint density at radius 2 is 2.20 bits per heavy atom. The number of ether oxygens (including phenoxy) is 2. The molecule has 2 aromatic heterocycles. The molecule has 1 aliphatic rings. The van der Waals surface area contributed by atoms with Crippen LogP contribution in [0.2, 0.25) is 0 Å². The zero-order valence-corrected chi connectivity index (χ0v) is 15.1. The molecule has 0 bridgehead atoms. The highest BCUT2D eigenvalue weighted by Gasteiger charge is 2.31. The van der Waals surface area contributed by atoms with Crippen molar-refractivity contribution in [1.29, 1.82) is 0 Å². The van der Waals surface area contributed by atoms with Gasteiger partial charge in [0.05, 0.1) is 12.6 Å². The average Bonchev–Trinajstić information content (AvgIpc) is 3.24. The van der Waals surface area contributed by atoms with Crippen LogP contribution in [-0.4, -0.2) is 53.4 Å². The van der Waals surface area contributed by atoms with E-state index in [4.69, 9.17) is 14.0 Å². The Morgan fingerprint density at radius 3 is 2.92 bits per heavy atom. The van der Waals surface area contributed by atoms with E-state index in [1.807, 2.05) is 12.1 Å². The maximum atomic E-state index is 5.55. The average molecular weight is 346 g/mol. The number of hydrogen-bond acceptors (Lipinski definition) is 7. The Hall–Kier alpha value is -1.99. The molecule has 2 aromatic rings. The molecule has 0 amide bonds. The number of methoxy groups -OCH3 is 1. The molecule has 0 aliphatic carbocycles. The molecule has 7 heteroatoms. The minimum atomic E-state index is 0.230. The van der Waals surface area contributed by atoms with Gasteiger partial charge < -0.3 is 14.0 Å². The van der Waals surface area contributed by atoms with Gasteiger partial charge in [0.15, 0.2) is 0 Å². The van der Waals surface area contributed by atoms with E-state index >= 15 is 0 Å². The third-order valence-electron chi connectivity index (χ3n) is 4.22. The largest absolute Gasteiger partial charge is 0.475 e. The van der Waals surface area contributed by atoms with E-state index in [2.05, 4.69) is 33.9 Å². The van der Waals surface area contributed by atoms with E-state index in [0.717, 1.165) is 25.1 Å². The number of likely N-dealkylation sites (tertiary alicyclic amines) is 1. The van der Waals surface area contributed by atoms with Gasteiger partial charge in [-0.2, -0.15) is 4.98 Å². The molecule has 136 valence electrons. The first-order valence-electron chi connectivity index (χ1n) is 8.83. The normalized spacial score (nSPS) is 18.2. The number of hydrogen-bond donors (Lipinski definition) is 0. The molecule has 0 N–H and O–H groups in total. The molecule has 7 nitrogen and oxygen atoms in total. The Balaban J connectivity index is 1.66. The molecule has 1 fully saturated rings. The minimum Gasteiger partial charge on any atom is -0.475 e. The van der Waals surface area contributed by atoms with Crippen molar-refractivity contribution in [1.82, 2.24) is 20.0 Å². The van der Waals surface area contributed by atoms with E-state index in [-0.39, 0.29) is 6.04 Å². The predicted molar refractivity (Wildman–Crippen MR) is 93.3 cm³/mol. The molecular formula is C18H26N4O3. The highest BCUT2D eigenvalue weighted by molar-refractivity contribution is 5.53. The first-order valence-corrected chi connectivity index (χ1v) is 8.83. The van der Waals surface area contributed by atoms with Crippen molar-refractivity contribution in [3.05, 3.63) is 24.2 Å². The van der Waals surface area contributed by atoms with Crippen LogP contribution in [0.15, 0.2) is 22.9 Å². The molecule has 0 spiro atoms. The van der Waals surface area contributed by atoms with Gasteiger partial charge >= 0.3 is 0 Å². The fourth-order valence-corrected chi connectivity index (χ4v) is 3.11. The second-order valence-corrected chi connectivity index (χ2v) is 6.73. The number of pyridine rings is 1. The summed E-state index contributed by atoms with van der Waals surface area (Å²) in [6.07, 6.45) is 3.94. The third-order valence-corrected chi connectivity index (χ3v) is 4.22. The van der Waals surface area contributed by atoms with Crippen molar-refractivity contribution in [3.8, 4) is 17.3 Å². The maximum absolute atomic E-state index is 5.55. The van der Waals surface area contributed by atoms with Gasteiger partial charge in [-0.1, -0.05) is 19.0 Å². The van der Waals surface area contributed by atoms with Crippen molar-refractivity contribution in [2.24, 2.45) is 5.92 Å². The zero-order chi connectivity index (χ0) is 17.6. The molecule has 3 heterocycles. The summed E-state index contributed by atoms with van der Waals surface area (Å²) in [6, 6.07) is 3.93. The fraction of sp³-hybridized carbons (Fsp3) is 0.611. The molecule has 1 aliphatic heterocycles. The first-order chi connectivity index (χ1) is 12.2. The van der Waals surface area contributed by atoms with Crippen LogP contribution >= 0.6 is 0 Å². The van der Waals surface area contributed by atoms with E-state index in [1.165, 1.54) is 6.42 Å². The molecule has 0 saturated carbocycles. The lowest BCUT2D eigenvalue weighted by atomic mass is 10.1. The summed E-state index contributed by atoms with van der Waals surface area (Å²) >= 11 is 0. The molecule has 1 atom stereocenters. The second kappa shape index (κ2) is 8.40. The first kappa shape index (κ1) is 17.8. The Kier molecular flexibility index (Phi) is 5.99. The third kappa shape index (κ3) is 4.55. The molecule has 3 rings (SSSR count). The van der Waals surface area contributed by atoms with Crippen molar-refractivity contribution in [2.75, 3.05) is 33.4 Å². The molecule has 0 aromatic carbocycles. The quantitative estimate of drug-likeness (QED) is 0.680. The second-order valence-electron chi connectivity index (χ2n) is 6.73. The van der Waals surface area contributed by atoms with Gasteiger partial charge in [-0.25, -0.2) is 4.98 Å². The summed E-state index contributed by atoms with van der Waals surface area (Å²) in [5, 5.41) is 4.14. The summed E-state index contributed by atoms with van der Waals surface area (Å²) in [7, 11) is 1.64. The minimum absolute atomic E-state index is 0.230. The molecule has 1 unspecified atom stereocenters. The van der Waals surface area contributed by atoms with Gasteiger partial charge in [0.2, 0.25) is 17.6 Å². The standard InChI is InChI=1S/C18H26N4O3/c1-13(2)12-22-8-4-5-15(22)18-20-17(21-25-18)14-6-7-16(19-11-14)24-10-9-23-3/h6-7,11,13,15H,4-5,8-10,12H2,1-3H3. The smallest absolute Gasteiger partial charge is 0.244 e. The molecule has 1 saturated heterocycles.